The second kappa shape index (κ2) is 14.1. The molecule has 0 saturated carbocycles. The molecule has 3 nitrogen and oxygen atoms in total. The second-order valence-electron chi connectivity index (χ2n) is 13.6. The van der Waals surface area contributed by atoms with Crippen molar-refractivity contribution < 1.29 is 0 Å². The lowest BCUT2D eigenvalue weighted by Gasteiger charge is -2.11. The van der Waals surface area contributed by atoms with Crippen molar-refractivity contribution in [1.82, 2.24) is 15.0 Å². The molecule has 258 valence electrons. The van der Waals surface area contributed by atoms with Crippen LogP contribution in [0.15, 0.2) is 200 Å². The standard InChI is InChI=1S/C51H33N3S/c1-5-15-34(16-6-1)35-25-27-36(28-26-35)44-33-45(54-51(53-44)41-21-11-4-12-22-41)37-29-31-40(32-30-37)49-46(38-17-7-2-8-18-38)47-42-23-13-14-24-43(42)52-48(50(47)55-49)39-19-9-3-10-20-39/h1-33H. The van der Waals surface area contributed by atoms with Crippen LogP contribution in [0.5, 0.6) is 0 Å². The third kappa shape index (κ3) is 6.19. The third-order valence-corrected chi connectivity index (χ3v) is 11.4. The summed E-state index contributed by atoms with van der Waals surface area (Å²) >= 11 is 1.82. The van der Waals surface area contributed by atoms with E-state index in [1.54, 1.807) is 0 Å². The topological polar surface area (TPSA) is 38.7 Å². The number of pyridine rings is 1. The Labute approximate surface area is 323 Å². The summed E-state index contributed by atoms with van der Waals surface area (Å²) in [5.41, 5.74) is 13.9. The second-order valence-corrected chi connectivity index (χ2v) is 14.6. The van der Waals surface area contributed by atoms with Crippen molar-refractivity contribution in [2.24, 2.45) is 0 Å². The first-order valence-electron chi connectivity index (χ1n) is 18.4. The van der Waals surface area contributed by atoms with Crippen LogP contribution >= 0.6 is 11.3 Å². The van der Waals surface area contributed by atoms with E-state index < -0.39 is 0 Å². The lowest BCUT2D eigenvalue weighted by Crippen LogP contribution is -1.96. The first-order valence-corrected chi connectivity index (χ1v) is 19.3. The molecule has 0 aliphatic heterocycles. The van der Waals surface area contributed by atoms with Gasteiger partial charge in [-0.25, -0.2) is 15.0 Å². The molecule has 3 heterocycles. The minimum Gasteiger partial charge on any atom is -0.246 e. The summed E-state index contributed by atoms with van der Waals surface area (Å²) in [6.45, 7) is 0. The Kier molecular flexibility index (Phi) is 8.36. The minimum atomic E-state index is 0.702. The number of para-hydroxylation sites is 1. The molecular weight excluding hydrogens is 687 g/mol. The zero-order valence-corrected chi connectivity index (χ0v) is 30.6. The van der Waals surface area contributed by atoms with E-state index in [0.29, 0.717) is 5.82 Å². The Morgan fingerprint density at radius 3 is 1.40 bits per heavy atom. The number of thiophene rings is 1. The van der Waals surface area contributed by atoms with E-state index in [0.717, 1.165) is 55.8 Å². The molecule has 10 aromatic rings. The van der Waals surface area contributed by atoms with Gasteiger partial charge >= 0.3 is 0 Å². The smallest absolute Gasteiger partial charge is 0.160 e. The van der Waals surface area contributed by atoms with Crippen LogP contribution < -0.4 is 0 Å². The number of aromatic nitrogens is 3. The SMILES string of the molecule is c1ccc(-c2ccc(-c3cc(-c4ccc(-c5sc6c(-c7ccccc7)nc7ccccc7c6c5-c5ccccc5)cc4)nc(-c4ccccc4)n3)cc2)cc1. The molecule has 0 aliphatic carbocycles. The fourth-order valence-corrected chi connectivity index (χ4v) is 8.75. The van der Waals surface area contributed by atoms with Crippen LogP contribution in [-0.2, 0) is 0 Å². The molecule has 0 aliphatic rings. The molecule has 0 spiro atoms. The van der Waals surface area contributed by atoms with Crippen molar-refractivity contribution in [3.63, 3.8) is 0 Å². The molecule has 55 heavy (non-hydrogen) atoms. The highest BCUT2D eigenvalue weighted by Gasteiger charge is 2.22. The average Bonchev–Trinajstić information content (AvgIpc) is 3.68. The van der Waals surface area contributed by atoms with Gasteiger partial charge in [0.1, 0.15) is 0 Å². The van der Waals surface area contributed by atoms with Crippen LogP contribution in [0.4, 0.5) is 0 Å². The van der Waals surface area contributed by atoms with E-state index in [4.69, 9.17) is 15.0 Å². The Morgan fingerprint density at radius 1 is 0.345 bits per heavy atom. The summed E-state index contributed by atoms with van der Waals surface area (Å²) in [6, 6.07) is 70.2. The fourth-order valence-electron chi connectivity index (χ4n) is 7.40. The van der Waals surface area contributed by atoms with Gasteiger partial charge in [0.2, 0.25) is 0 Å². The summed E-state index contributed by atoms with van der Waals surface area (Å²) in [4.78, 5) is 16.7. The van der Waals surface area contributed by atoms with Crippen molar-refractivity contribution >= 4 is 32.3 Å². The molecular formula is C51H33N3S. The van der Waals surface area contributed by atoms with Crippen LogP contribution in [0.1, 0.15) is 0 Å². The maximum absolute atomic E-state index is 5.25. The zero-order chi connectivity index (χ0) is 36.6. The fraction of sp³-hybridized carbons (Fsp3) is 0. The van der Waals surface area contributed by atoms with Gasteiger partial charge in [-0.05, 0) is 34.4 Å². The number of benzene rings is 7. The normalized spacial score (nSPS) is 11.3. The van der Waals surface area contributed by atoms with Crippen molar-refractivity contribution in [2.75, 3.05) is 0 Å². The summed E-state index contributed by atoms with van der Waals surface area (Å²) in [6.07, 6.45) is 0. The maximum Gasteiger partial charge on any atom is 0.160 e. The van der Waals surface area contributed by atoms with Gasteiger partial charge in [0.25, 0.3) is 0 Å². The van der Waals surface area contributed by atoms with Crippen molar-refractivity contribution in [3.8, 4) is 77.9 Å². The molecule has 0 radical (unpaired) electrons. The molecule has 0 N–H and O–H groups in total. The summed E-state index contributed by atoms with van der Waals surface area (Å²) in [7, 11) is 0. The van der Waals surface area contributed by atoms with E-state index in [1.807, 2.05) is 35.6 Å². The van der Waals surface area contributed by atoms with E-state index >= 15 is 0 Å². The van der Waals surface area contributed by atoms with E-state index in [1.165, 1.54) is 37.2 Å². The quantitative estimate of drug-likeness (QED) is 0.165. The maximum atomic E-state index is 5.25. The Morgan fingerprint density at radius 2 is 0.800 bits per heavy atom. The van der Waals surface area contributed by atoms with Gasteiger partial charge in [0.05, 0.1) is 27.3 Å². The third-order valence-electron chi connectivity index (χ3n) is 10.1. The van der Waals surface area contributed by atoms with Gasteiger partial charge in [-0.3, -0.25) is 0 Å². The number of hydrogen-bond donors (Lipinski definition) is 0. The van der Waals surface area contributed by atoms with Gasteiger partial charge < -0.3 is 0 Å². The lowest BCUT2D eigenvalue weighted by atomic mass is 9.95. The molecule has 3 aromatic heterocycles. The first-order chi connectivity index (χ1) is 27.3. The highest BCUT2D eigenvalue weighted by atomic mass is 32.1. The van der Waals surface area contributed by atoms with E-state index in [2.05, 4.69) is 176 Å². The lowest BCUT2D eigenvalue weighted by molar-refractivity contribution is 1.18. The van der Waals surface area contributed by atoms with Gasteiger partial charge in [-0.15, -0.1) is 11.3 Å². The monoisotopic (exact) mass is 719 g/mol. The van der Waals surface area contributed by atoms with Crippen LogP contribution in [0, 0.1) is 0 Å². The molecule has 0 fully saturated rings. The number of nitrogens with zero attached hydrogens (tertiary/aromatic N) is 3. The molecule has 10 rings (SSSR count). The van der Waals surface area contributed by atoms with E-state index in [9.17, 15) is 0 Å². The van der Waals surface area contributed by atoms with Gasteiger partial charge in [0.15, 0.2) is 5.82 Å². The minimum absolute atomic E-state index is 0.702. The number of fused-ring (bicyclic) bond motifs is 3. The molecule has 0 saturated heterocycles. The Hall–Kier alpha value is -7.01. The van der Waals surface area contributed by atoms with Crippen LogP contribution in [0.3, 0.4) is 0 Å². The number of rotatable bonds is 7. The summed E-state index contributed by atoms with van der Waals surface area (Å²) < 4.78 is 1.19. The molecule has 0 bridgehead atoms. The van der Waals surface area contributed by atoms with E-state index in [-0.39, 0.29) is 0 Å². The van der Waals surface area contributed by atoms with Crippen molar-refractivity contribution in [2.45, 2.75) is 0 Å². The van der Waals surface area contributed by atoms with Crippen LogP contribution in [-0.4, -0.2) is 15.0 Å². The molecule has 0 amide bonds. The Bertz CT molecular complexity index is 2920. The van der Waals surface area contributed by atoms with Crippen molar-refractivity contribution in [1.29, 1.82) is 0 Å². The van der Waals surface area contributed by atoms with Crippen LogP contribution in [0.25, 0.3) is 98.8 Å². The molecule has 4 heteroatoms. The van der Waals surface area contributed by atoms with Crippen LogP contribution in [0.2, 0.25) is 0 Å². The zero-order valence-electron chi connectivity index (χ0n) is 29.8. The molecule has 7 aromatic carbocycles. The highest BCUT2D eigenvalue weighted by molar-refractivity contribution is 7.23. The predicted octanol–water partition coefficient (Wildman–Crippen LogP) is 13.9. The first kappa shape index (κ1) is 32.6. The van der Waals surface area contributed by atoms with Crippen molar-refractivity contribution in [3.05, 3.63) is 200 Å². The summed E-state index contributed by atoms with van der Waals surface area (Å²) in [5, 5.41) is 2.40. The summed E-state index contributed by atoms with van der Waals surface area (Å²) in [5.74, 6) is 0.702. The Balaban J connectivity index is 1.12. The highest BCUT2D eigenvalue weighted by Crippen LogP contribution is 2.50. The predicted molar refractivity (Wildman–Crippen MR) is 231 cm³/mol. The largest absolute Gasteiger partial charge is 0.246 e. The molecule has 0 atom stereocenters. The van der Waals surface area contributed by atoms with Gasteiger partial charge in [0, 0.05) is 43.5 Å². The average molecular weight is 720 g/mol. The van der Waals surface area contributed by atoms with Gasteiger partial charge in [-0.2, -0.15) is 0 Å². The molecule has 0 unspecified atom stereocenters. The number of hydrogen-bond acceptors (Lipinski definition) is 4. The van der Waals surface area contributed by atoms with Gasteiger partial charge in [-0.1, -0.05) is 188 Å².